The van der Waals surface area contributed by atoms with Gasteiger partial charge in [-0.15, -0.1) is 0 Å². The Kier molecular flexibility index (Phi) is 4.57. The average molecular weight is 394 g/mol. The Morgan fingerprint density at radius 3 is 2.23 bits per heavy atom. The van der Waals surface area contributed by atoms with Crippen LogP contribution in [0.25, 0.3) is 33.4 Å². The van der Waals surface area contributed by atoms with Crippen molar-refractivity contribution in [2.45, 2.75) is 6.61 Å². The van der Waals surface area contributed by atoms with Gasteiger partial charge in [0.1, 0.15) is 6.61 Å². The molecule has 0 aliphatic carbocycles. The molecule has 6 heteroatoms. The van der Waals surface area contributed by atoms with Crippen molar-refractivity contribution in [3.63, 3.8) is 0 Å². The number of H-pyrrole nitrogens is 2. The van der Waals surface area contributed by atoms with Gasteiger partial charge in [-0.1, -0.05) is 42.5 Å². The van der Waals surface area contributed by atoms with Crippen LogP contribution in [0.1, 0.15) is 5.56 Å². The summed E-state index contributed by atoms with van der Waals surface area (Å²) in [7, 11) is 0. The number of para-hydroxylation sites is 1. The van der Waals surface area contributed by atoms with Gasteiger partial charge in [-0.2, -0.15) is 0 Å². The summed E-state index contributed by atoms with van der Waals surface area (Å²) in [5, 5.41) is 1.08. The predicted octanol–water partition coefficient (Wildman–Crippen LogP) is 4.56. The third-order valence-electron chi connectivity index (χ3n) is 4.90. The van der Waals surface area contributed by atoms with E-state index in [9.17, 15) is 4.79 Å². The number of aromatic amines is 2. The Morgan fingerprint density at radius 1 is 0.767 bits per heavy atom. The minimum Gasteiger partial charge on any atom is -0.473 e. The molecule has 2 N–H and O–H groups in total. The summed E-state index contributed by atoms with van der Waals surface area (Å²) in [4.78, 5) is 26.2. The number of nitrogens with one attached hydrogen (secondary N) is 2. The van der Waals surface area contributed by atoms with Gasteiger partial charge in [0.05, 0.1) is 16.9 Å². The number of imidazole rings is 1. The van der Waals surface area contributed by atoms with Gasteiger partial charge in [0.2, 0.25) is 5.88 Å². The van der Waals surface area contributed by atoms with Crippen molar-refractivity contribution in [2.24, 2.45) is 0 Å². The minimum absolute atomic E-state index is 0.244. The van der Waals surface area contributed by atoms with E-state index >= 15 is 0 Å². The minimum atomic E-state index is -0.244. The summed E-state index contributed by atoms with van der Waals surface area (Å²) in [5.74, 6) is 0.590. The number of rotatable bonds is 5. The highest BCUT2D eigenvalue weighted by atomic mass is 16.5. The third kappa shape index (κ3) is 3.58. The number of aromatic nitrogens is 4. The zero-order valence-corrected chi connectivity index (χ0v) is 16.0. The molecule has 146 valence electrons. The Balaban J connectivity index is 1.35. The maximum Gasteiger partial charge on any atom is 0.323 e. The van der Waals surface area contributed by atoms with Gasteiger partial charge in [0.25, 0.3) is 0 Å². The molecule has 0 spiro atoms. The van der Waals surface area contributed by atoms with E-state index in [1.807, 2.05) is 72.8 Å². The normalized spacial score (nSPS) is 10.9. The maximum atomic E-state index is 11.9. The van der Waals surface area contributed by atoms with Crippen LogP contribution in [0.3, 0.4) is 0 Å². The molecule has 2 aromatic carbocycles. The Labute approximate surface area is 172 Å². The van der Waals surface area contributed by atoms with Crippen LogP contribution in [-0.4, -0.2) is 19.9 Å². The lowest BCUT2D eigenvalue weighted by atomic mass is 10.0. The van der Waals surface area contributed by atoms with E-state index in [1.165, 1.54) is 0 Å². The monoisotopic (exact) mass is 394 g/mol. The smallest absolute Gasteiger partial charge is 0.323 e. The number of hydrogen-bond donors (Lipinski definition) is 2. The number of ether oxygens (including phenoxy) is 1. The van der Waals surface area contributed by atoms with Crippen molar-refractivity contribution in [3.8, 4) is 28.4 Å². The molecule has 0 bridgehead atoms. The highest BCUT2D eigenvalue weighted by molar-refractivity contribution is 5.79. The number of hydrogen-bond acceptors (Lipinski definition) is 4. The summed E-state index contributed by atoms with van der Waals surface area (Å²) >= 11 is 0. The molecule has 30 heavy (non-hydrogen) atoms. The van der Waals surface area contributed by atoms with E-state index < -0.39 is 0 Å². The Morgan fingerprint density at radius 2 is 1.47 bits per heavy atom. The van der Waals surface area contributed by atoms with Gasteiger partial charge >= 0.3 is 5.69 Å². The fourth-order valence-corrected chi connectivity index (χ4v) is 3.39. The molecule has 0 saturated carbocycles. The maximum absolute atomic E-state index is 11.9. The lowest BCUT2D eigenvalue weighted by molar-refractivity contribution is 0.295. The topological polar surface area (TPSA) is 83.7 Å². The molecule has 0 aliphatic rings. The third-order valence-corrected chi connectivity index (χ3v) is 4.90. The van der Waals surface area contributed by atoms with Crippen LogP contribution in [-0.2, 0) is 6.61 Å². The first-order valence-electron chi connectivity index (χ1n) is 9.57. The fourth-order valence-electron chi connectivity index (χ4n) is 3.39. The predicted molar refractivity (Wildman–Crippen MR) is 116 cm³/mol. The Bertz CT molecular complexity index is 1360. The Hall–Kier alpha value is -4.19. The standard InChI is InChI=1S/C24H18N4O2/c29-24-27-22(23(28-24)19-11-13-25-14-12-19)18-7-5-16(6-8-18)15-30-21-10-9-17-3-1-2-4-20(17)26-21/h1-14H,15H2,(H2,27,28,29). The van der Waals surface area contributed by atoms with E-state index in [0.29, 0.717) is 12.5 Å². The van der Waals surface area contributed by atoms with Crippen LogP contribution in [0.5, 0.6) is 5.88 Å². The summed E-state index contributed by atoms with van der Waals surface area (Å²) in [5.41, 5.74) is 4.97. The lowest BCUT2D eigenvalue weighted by Gasteiger charge is -2.08. The van der Waals surface area contributed by atoms with Gasteiger partial charge in [-0.05, 0) is 29.8 Å². The molecule has 3 aromatic heterocycles. The molecular formula is C24H18N4O2. The largest absolute Gasteiger partial charge is 0.473 e. The fraction of sp³-hybridized carbons (Fsp3) is 0.0417. The van der Waals surface area contributed by atoms with Gasteiger partial charge in [0.15, 0.2) is 0 Å². The van der Waals surface area contributed by atoms with E-state index in [0.717, 1.165) is 39.0 Å². The number of pyridine rings is 2. The van der Waals surface area contributed by atoms with Crippen molar-refractivity contribution in [1.29, 1.82) is 0 Å². The molecule has 0 aliphatic heterocycles. The van der Waals surface area contributed by atoms with Crippen LogP contribution in [0.15, 0.2) is 90.0 Å². The molecule has 5 aromatic rings. The highest BCUT2D eigenvalue weighted by Gasteiger charge is 2.11. The summed E-state index contributed by atoms with van der Waals surface area (Å²) in [6.45, 7) is 0.409. The van der Waals surface area contributed by atoms with Crippen LogP contribution >= 0.6 is 0 Å². The second kappa shape index (κ2) is 7.67. The lowest BCUT2D eigenvalue weighted by Crippen LogP contribution is -2.00. The summed E-state index contributed by atoms with van der Waals surface area (Å²) in [6.07, 6.45) is 3.40. The second-order valence-corrected chi connectivity index (χ2v) is 6.89. The average Bonchev–Trinajstić information content (AvgIpc) is 3.20. The van der Waals surface area contributed by atoms with E-state index in [1.54, 1.807) is 12.4 Å². The zero-order chi connectivity index (χ0) is 20.3. The molecule has 0 saturated heterocycles. The van der Waals surface area contributed by atoms with E-state index in [4.69, 9.17) is 4.74 Å². The van der Waals surface area contributed by atoms with Gasteiger partial charge in [0, 0.05) is 35.0 Å². The van der Waals surface area contributed by atoms with Crippen molar-refractivity contribution >= 4 is 10.9 Å². The van der Waals surface area contributed by atoms with E-state index in [-0.39, 0.29) is 5.69 Å². The van der Waals surface area contributed by atoms with Crippen molar-refractivity contribution in [2.75, 3.05) is 0 Å². The zero-order valence-electron chi connectivity index (χ0n) is 16.0. The molecule has 0 radical (unpaired) electrons. The molecule has 3 heterocycles. The number of benzene rings is 2. The van der Waals surface area contributed by atoms with Crippen molar-refractivity contribution in [3.05, 3.63) is 101 Å². The van der Waals surface area contributed by atoms with E-state index in [2.05, 4.69) is 19.9 Å². The molecule has 5 rings (SSSR count). The first-order valence-corrected chi connectivity index (χ1v) is 9.57. The van der Waals surface area contributed by atoms with Crippen molar-refractivity contribution < 1.29 is 4.74 Å². The van der Waals surface area contributed by atoms with Gasteiger partial charge in [-0.3, -0.25) is 4.98 Å². The summed E-state index contributed by atoms with van der Waals surface area (Å²) in [6, 6.07) is 23.5. The van der Waals surface area contributed by atoms with Crippen LogP contribution in [0.2, 0.25) is 0 Å². The first-order chi connectivity index (χ1) is 14.8. The molecule has 0 fully saturated rings. The second-order valence-electron chi connectivity index (χ2n) is 6.89. The van der Waals surface area contributed by atoms with Crippen LogP contribution in [0.4, 0.5) is 0 Å². The SMILES string of the molecule is O=c1[nH]c(-c2ccncc2)c(-c2ccc(COc3ccc4ccccc4n3)cc2)[nH]1. The summed E-state index contributed by atoms with van der Waals surface area (Å²) < 4.78 is 5.86. The van der Waals surface area contributed by atoms with Crippen molar-refractivity contribution in [1.82, 2.24) is 19.9 Å². The molecular weight excluding hydrogens is 376 g/mol. The molecule has 0 amide bonds. The first kappa shape index (κ1) is 17.9. The quantitative estimate of drug-likeness (QED) is 0.458. The van der Waals surface area contributed by atoms with Gasteiger partial charge in [-0.25, -0.2) is 9.78 Å². The molecule has 6 nitrogen and oxygen atoms in total. The van der Waals surface area contributed by atoms with Gasteiger partial charge < -0.3 is 14.7 Å². The molecule has 0 atom stereocenters. The highest BCUT2D eigenvalue weighted by Crippen LogP contribution is 2.27. The number of nitrogens with zero attached hydrogens (tertiary/aromatic N) is 2. The molecule has 0 unspecified atom stereocenters. The van der Waals surface area contributed by atoms with Crippen LogP contribution < -0.4 is 10.4 Å². The van der Waals surface area contributed by atoms with Crippen LogP contribution in [0, 0.1) is 0 Å². The number of fused-ring (bicyclic) bond motifs is 1.